The fraction of sp³-hybridized carbons (Fsp3) is 0.333. The number of carbonyl (C=O) groups is 1. The van der Waals surface area contributed by atoms with Crippen LogP contribution in [0.1, 0.15) is 19.3 Å². The van der Waals surface area contributed by atoms with Gasteiger partial charge in [-0.25, -0.2) is 9.50 Å². The lowest BCUT2D eigenvalue weighted by Crippen LogP contribution is -2.37. The standard InChI is InChI=1S/C21H22N8O2/c22-19(30)17(11-2-3-11)24-13-8-14-18-15(9-13)31-7-1-6-28(18)20(25-14)12-4-5-16-26-21(23)27-29(16)10-12/h4-5,8-11,17,24H,1-3,6-7H2,(H2,22,30)(H2,23,27)/t17-/m0/s1. The van der Waals surface area contributed by atoms with Crippen molar-refractivity contribution in [3.8, 4) is 17.1 Å². The number of pyridine rings is 1. The lowest BCUT2D eigenvalue weighted by atomic mass is 10.1. The molecule has 1 fully saturated rings. The summed E-state index contributed by atoms with van der Waals surface area (Å²) in [6, 6.07) is 7.36. The van der Waals surface area contributed by atoms with Crippen molar-refractivity contribution in [2.45, 2.75) is 31.8 Å². The summed E-state index contributed by atoms with van der Waals surface area (Å²) in [5.41, 5.74) is 15.5. The Morgan fingerprint density at radius 2 is 2.13 bits per heavy atom. The zero-order valence-corrected chi connectivity index (χ0v) is 16.8. The molecule has 4 heterocycles. The Labute approximate surface area is 177 Å². The van der Waals surface area contributed by atoms with Crippen molar-refractivity contribution in [3.63, 3.8) is 0 Å². The molecule has 158 valence electrons. The molecular weight excluding hydrogens is 396 g/mol. The van der Waals surface area contributed by atoms with E-state index < -0.39 is 0 Å². The number of ether oxygens (including phenoxy) is 1. The number of imidazole rings is 1. The van der Waals surface area contributed by atoms with E-state index in [9.17, 15) is 4.79 Å². The molecule has 10 nitrogen and oxygen atoms in total. The number of hydrogen-bond acceptors (Lipinski definition) is 7. The number of benzene rings is 1. The third-order valence-electron chi connectivity index (χ3n) is 5.92. The van der Waals surface area contributed by atoms with Crippen LogP contribution in [0.4, 0.5) is 11.6 Å². The van der Waals surface area contributed by atoms with Gasteiger partial charge in [0.05, 0.1) is 12.1 Å². The molecule has 0 saturated heterocycles. The predicted octanol–water partition coefficient (Wildman–Crippen LogP) is 1.79. The van der Waals surface area contributed by atoms with E-state index in [2.05, 4.69) is 20.0 Å². The summed E-state index contributed by atoms with van der Waals surface area (Å²) in [4.78, 5) is 21.0. The molecule has 1 saturated carbocycles. The fourth-order valence-electron chi connectivity index (χ4n) is 4.33. The Bertz CT molecular complexity index is 1340. The second kappa shape index (κ2) is 6.59. The maximum atomic E-state index is 11.9. The van der Waals surface area contributed by atoms with Gasteiger partial charge in [0.1, 0.15) is 23.1 Å². The number of rotatable bonds is 5. The number of nitrogen functional groups attached to an aromatic ring is 1. The number of amides is 1. The van der Waals surface area contributed by atoms with Crippen molar-refractivity contribution in [1.29, 1.82) is 0 Å². The predicted molar refractivity (Wildman–Crippen MR) is 116 cm³/mol. The number of aromatic nitrogens is 5. The highest BCUT2D eigenvalue weighted by atomic mass is 16.5. The summed E-state index contributed by atoms with van der Waals surface area (Å²) >= 11 is 0. The van der Waals surface area contributed by atoms with Crippen LogP contribution in [0.15, 0.2) is 30.5 Å². The van der Waals surface area contributed by atoms with Gasteiger partial charge in [0.2, 0.25) is 11.9 Å². The Hall–Kier alpha value is -3.82. The SMILES string of the molecule is NC(=O)[C@@H](Nc1cc2c3c(c1)nc(-c1ccc4nc(N)nn4c1)n3CCCO2)C1CC1. The molecule has 0 radical (unpaired) electrons. The van der Waals surface area contributed by atoms with E-state index in [4.69, 9.17) is 21.2 Å². The molecule has 1 amide bonds. The van der Waals surface area contributed by atoms with Crippen molar-refractivity contribution >= 4 is 34.2 Å². The Morgan fingerprint density at radius 3 is 2.94 bits per heavy atom. The highest BCUT2D eigenvalue weighted by molar-refractivity contribution is 5.91. The van der Waals surface area contributed by atoms with Gasteiger partial charge >= 0.3 is 0 Å². The minimum atomic E-state index is -0.378. The minimum absolute atomic E-state index is 0.231. The molecule has 1 aromatic carbocycles. The zero-order valence-electron chi connectivity index (χ0n) is 16.8. The summed E-state index contributed by atoms with van der Waals surface area (Å²) in [6.07, 6.45) is 4.77. The summed E-state index contributed by atoms with van der Waals surface area (Å²) in [7, 11) is 0. The van der Waals surface area contributed by atoms with Gasteiger partial charge in [0.15, 0.2) is 5.65 Å². The number of aryl methyl sites for hydroxylation is 1. The van der Waals surface area contributed by atoms with E-state index in [-0.39, 0.29) is 17.9 Å². The normalized spacial score (nSPS) is 16.8. The van der Waals surface area contributed by atoms with Crippen LogP contribution in [-0.2, 0) is 11.3 Å². The van der Waals surface area contributed by atoms with Crippen LogP contribution in [0.2, 0.25) is 0 Å². The molecule has 1 aliphatic carbocycles. The smallest absolute Gasteiger partial charge is 0.240 e. The third kappa shape index (κ3) is 3.02. The quantitative estimate of drug-likeness (QED) is 0.449. The average molecular weight is 418 g/mol. The molecule has 0 bridgehead atoms. The van der Waals surface area contributed by atoms with Gasteiger partial charge in [-0.1, -0.05) is 0 Å². The van der Waals surface area contributed by atoms with Crippen molar-refractivity contribution < 1.29 is 9.53 Å². The summed E-state index contributed by atoms with van der Waals surface area (Å²) in [5, 5.41) is 7.52. The lowest BCUT2D eigenvalue weighted by molar-refractivity contribution is -0.119. The molecule has 1 aliphatic heterocycles. The van der Waals surface area contributed by atoms with Gasteiger partial charge in [-0.15, -0.1) is 5.10 Å². The largest absolute Gasteiger partial charge is 0.491 e. The number of carbonyl (C=O) groups excluding carboxylic acids is 1. The Kier molecular flexibility index (Phi) is 3.83. The van der Waals surface area contributed by atoms with Crippen molar-refractivity contribution in [3.05, 3.63) is 30.5 Å². The number of anilines is 2. The van der Waals surface area contributed by atoms with Crippen LogP contribution in [0.3, 0.4) is 0 Å². The van der Waals surface area contributed by atoms with E-state index in [0.717, 1.165) is 59.7 Å². The van der Waals surface area contributed by atoms with Crippen molar-refractivity contribution in [2.75, 3.05) is 17.7 Å². The molecule has 0 unspecified atom stereocenters. The van der Waals surface area contributed by atoms with Gasteiger partial charge in [-0.3, -0.25) is 4.79 Å². The van der Waals surface area contributed by atoms with E-state index in [1.807, 2.05) is 30.5 Å². The second-order valence-electron chi connectivity index (χ2n) is 8.18. The van der Waals surface area contributed by atoms with Gasteiger partial charge < -0.3 is 26.1 Å². The van der Waals surface area contributed by atoms with Gasteiger partial charge in [-0.05, 0) is 43.4 Å². The van der Waals surface area contributed by atoms with Crippen LogP contribution < -0.4 is 21.5 Å². The Morgan fingerprint density at radius 1 is 1.26 bits per heavy atom. The van der Waals surface area contributed by atoms with Crippen LogP contribution in [0, 0.1) is 5.92 Å². The average Bonchev–Trinajstić information content (AvgIpc) is 3.45. The first kappa shape index (κ1) is 18.0. The highest BCUT2D eigenvalue weighted by Gasteiger charge is 2.35. The second-order valence-corrected chi connectivity index (χ2v) is 8.18. The molecule has 31 heavy (non-hydrogen) atoms. The molecule has 10 heteroatoms. The number of nitrogens with two attached hydrogens (primary N) is 2. The topological polar surface area (TPSA) is 138 Å². The summed E-state index contributed by atoms with van der Waals surface area (Å²) in [5.74, 6) is 1.77. The van der Waals surface area contributed by atoms with Crippen LogP contribution >= 0.6 is 0 Å². The molecule has 5 N–H and O–H groups in total. The molecule has 6 rings (SSSR count). The molecule has 2 aliphatic rings. The first-order chi connectivity index (χ1) is 15.1. The van der Waals surface area contributed by atoms with Crippen LogP contribution in [-0.4, -0.2) is 42.7 Å². The molecule has 3 aromatic heterocycles. The van der Waals surface area contributed by atoms with E-state index in [1.165, 1.54) is 0 Å². The van der Waals surface area contributed by atoms with Gasteiger partial charge in [-0.2, -0.15) is 4.98 Å². The molecule has 4 aromatic rings. The monoisotopic (exact) mass is 418 g/mol. The fourth-order valence-corrected chi connectivity index (χ4v) is 4.33. The van der Waals surface area contributed by atoms with Crippen LogP contribution in [0.25, 0.3) is 28.1 Å². The van der Waals surface area contributed by atoms with Crippen molar-refractivity contribution in [2.24, 2.45) is 11.7 Å². The third-order valence-corrected chi connectivity index (χ3v) is 5.92. The number of nitrogens with one attached hydrogen (secondary N) is 1. The minimum Gasteiger partial charge on any atom is -0.491 e. The highest BCUT2D eigenvalue weighted by Crippen LogP contribution is 2.38. The van der Waals surface area contributed by atoms with Crippen LogP contribution in [0.5, 0.6) is 5.75 Å². The molecular formula is C21H22N8O2. The van der Waals surface area contributed by atoms with E-state index >= 15 is 0 Å². The number of nitrogens with zero attached hydrogens (tertiary/aromatic N) is 5. The number of primary amides is 1. The van der Waals surface area contributed by atoms with Gasteiger partial charge in [0, 0.05) is 30.1 Å². The Balaban J connectivity index is 1.48. The lowest BCUT2D eigenvalue weighted by Gasteiger charge is -2.17. The maximum Gasteiger partial charge on any atom is 0.240 e. The molecule has 0 spiro atoms. The van der Waals surface area contributed by atoms with Crippen molar-refractivity contribution in [1.82, 2.24) is 24.1 Å². The van der Waals surface area contributed by atoms with E-state index in [1.54, 1.807) is 4.52 Å². The maximum absolute atomic E-state index is 11.9. The number of hydrogen-bond donors (Lipinski definition) is 3. The van der Waals surface area contributed by atoms with E-state index in [0.29, 0.717) is 18.2 Å². The summed E-state index contributed by atoms with van der Waals surface area (Å²) in [6.45, 7) is 1.40. The number of fused-ring (bicyclic) bond motifs is 1. The van der Waals surface area contributed by atoms with Gasteiger partial charge in [0.25, 0.3) is 0 Å². The first-order valence-corrected chi connectivity index (χ1v) is 10.4. The molecule has 1 atom stereocenters. The first-order valence-electron chi connectivity index (χ1n) is 10.4. The zero-order chi connectivity index (χ0) is 21.1. The summed E-state index contributed by atoms with van der Waals surface area (Å²) < 4.78 is 9.88.